The number of nitrogens with zero attached hydrogens (tertiary/aromatic N) is 2. The maximum absolute atomic E-state index is 16.2. The molecule has 1 fully saturated rings. The molecule has 3 aromatic rings. The molecule has 3 aliphatic rings. The Morgan fingerprint density at radius 2 is 1.84 bits per heavy atom. The molecule has 11 heteroatoms. The van der Waals surface area contributed by atoms with Crippen molar-refractivity contribution in [1.29, 1.82) is 0 Å². The van der Waals surface area contributed by atoms with Gasteiger partial charge >= 0.3 is 0 Å². The Labute approximate surface area is 256 Å². The van der Waals surface area contributed by atoms with Crippen molar-refractivity contribution in [2.45, 2.75) is 50.2 Å². The van der Waals surface area contributed by atoms with Gasteiger partial charge in [0.25, 0.3) is 11.8 Å². The van der Waals surface area contributed by atoms with Crippen LogP contribution in [0.15, 0.2) is 72.8 Å². The van der Waals surface area contributed by atoms with Crippen LogP contribution >= 0.6 is 0 Å². The number of hydrogen-bond acceptors (Lipinski definition) is 6. The minimum Gasteiger partial charge on any atom is -0.482 e. The zero-order valence-corrected chi connectivity index (χ0v) is 26.0. The molecular formula is C33H36FN3O6Si. The number of rotatable bonds is 8. The van der Waals surface area contributed by atoms with E-state index in [1.165, 1.54) is 0 Å². The van der Waals surface area contributed by atoms with E-state index < -0.39 is 37.5 Å². The van der Waals surface area contributed by atoms with Gasteiger partial charge in [-0.2, -0.15) is 0 Å². The molecule has 1 spiro atoms. The SMILES string of the molecule is C[C@H]1[C@H]([Si](C)(C)F)[C@@H](CC(=O)N(CCO)Cc2ccccc2)O[C@]12C(=O)Nc1ccc(N3C(=O)COc4ccccc43)cc12. The van der Waals surface area contributed by atoms with Gasteiger partial charge in [0, 0.05) is 41.5 Å². The number of para-hydroxylation sites is 2. The Bertz CT molecular complexity index is 1600. The van der Waals surface area contributed by atoms with Gasteiger partial charge in [0.2, 0.25) is 14.3 Å². The third kappa shape index (κ3) is 5.08. The lowest BCUT2D eigenvalue weighted by Crippen LogP contribution is -2.42. The summed E-state index contributed by atoms with van der Waals surface area (Å²) in [4.78, 5) is 43.7. The van der Waals surface area contributed by atoms with Crippen LogP contribution in [0.1, 0.15) is 24.5 Å². The van der Waals surface area contributed by atoms with Crippen molar-refractivity contribution in [3.8, 4) is 5.75 Å². The predicted molar refractivity (Wildman–Crippen MR) is 166 cm³/mol. The number of ether oxygens (including phenoxy) is 2. The average molecular weight is 618 g/mol. The normalized spacial score (nSPS) is 24.1. The van der Waals surface area contributed by atoms with Crippen LogP contribution in [0, 0.1) is 5.92 Å². The average Bonchev–Trinajstić information content (AvgIpc) is 3.45. The molecule has 3 heterocycles. The summed E-state index contributed by atoms with van der Waals surface area (Å²) in [5.74, 6) is -1.01. The maximum atomic E-state index is 16.2. The van der Waals surface area contributed by atoms with Gasteiger partial charge in [0.1, 0.15) is 5.75 Å². The molecular weight excluding hydrogens is 581 g/mol. The van der Waals surface area contributed by atoms with E-state index >= 15 is 4.11 Å². The first-order chi connectivity index (χ1) is 21.0. The minimum absolute atomic E-state index is 0.115. The molecule has 1 saturated heterocycles. The zero-order chi connectivity index (χ0) is 31.2. The fourth-order valence-corrected chi connectivity index (χ4v) is 9.59. The number of carbonyl (C=O) groups excluding carboxylic acids is 3. The van der Waals surface area contributed by atoms with Crippen LogP contribution in [0.25, 0.3) is 0 Å². The quantitative estimate of drug-likeness (QED) is 0.276. The van der Waals surface area contributed by atoms with E-state index in [2.05, 4.69) is 5.32 Å². The van der Waals surface area contributed by atoms with Crippen molar-refractivity contribution in [3.63, 3.8) is 0 Å². The van der Waals surface area contributed by atoms with Crippen LogP contribution < -0.4 is 15.0 Å². The smallest absolute Gasteiger partial charge is 0.269 e. The molecule has 0 aromatic heterocycles. The molecule has 6 rings (SSSR count). The predicted octanol–water partition coefficient (Wildman–Crippen LogP) is 4.88. The number of hydrogen-bond donors (Lipinski definition) is 2. The van der Waals surface area contributed by atoms with E-state index in [9.17, 15) is 19.5 Å². The molecule has 9 nitrogen and oxygen atoms in total. The second kappa shape index (κ2) is 11.5. The van der Waals surface area contributed by atoms with Gasteiger partial charge in [-0.15, -0.1) is 0 Å². The number of carbonyl (C=O) groups is 3. The number of aliphatic hydroxyl groups is 1. The highest BCUT2D eigenvalue weighted by Crippen LogP contribution is 2.59. The molecule has 44 heavy (non-hydrogen) atoms. The maximum Gasteiger partial charge on any atom is 0.269 e. The highest BCUT2D eigenvalue weighted by molar-refractivity contribution is 6.72. The number of fused-ring (bicyclic) bond motifs is 3. The molecule has 3 aromatic carbocycles. The zero-order valence-electron chi connectivity index (χ0n) is 25.0. The van der Waals surface area contributed by atoms with Crippen LogP contribution in [0.2, 0.25) is 18.6 Å². The van der Waals surface area contributed by atoms with E-state index in [0.29, 0.717) is 28.4 Å². The van der Waals surface area contributed by atoms with Crippen molar-refractivity contribution >= 4 is 43.2 Å². The topological polar surface area (TPSA) is 108 Å². The monoisotopic (exact) mass is 617 g/mol. The second-order valence-electron chi connectivity index (χ2n) is 12.2. The van der Waals surface area contributed by atoms with E-state index in [0.717, 1.165) is 5.56 Å². The minimum atomic E-state index is -3.50. The molecule has 0 radical (unpaired) electrons. The summed E-state index contributed by atoms with van der Waals surface area (Å²) in [7, 11) is -3.50. The third-order valence-electron chi connectivity index (χ3n) is 8.98. The molecule has 0 bridgehead atoms. The Morgan fingerprint density at radius 3 is 2.57 bits per heavy atom. The molecule has 230 valence electrons. The van der Waals surface area contributed by atoms with Crippen molar-refractivity contribution in [3.05, 3.63) is 83.9 Å². The van der Waals surface area contributed by atoms with Gasteiger partial charge in [-0.25, -0.2) is 0 Å². The van der Waals surface area contributed by atoms with E-state index in [1.54, 1.807) is 53.2 Å². The van der Waals surface area contributed by atoms with Crippen molar-refractivity contribution in [2.75, 3.05) is 30.0 Å². The first-order valence-electron chi connectivity index (χ1n) is 14.8. The van der Waals surface area contributed by atoms with Gasteiger partial charge in [0.05, 0.1) is 24.8 Å². The van der Waals surface area contributed by atoms with Gasteiger partial charge in [-0.05, 0) is 49.0 Å². The third-order valence-corrected chi connectivity index (χ3v) is 11.4. The summed E-state index contributed by atoms with van der Waals surface area (Å²) in [5.41, 5.74) is 0.823. The highest BCUT2D eigenvalue weighted by Gasteiger charge is 2.65. The number of amides is 3. The van der Waals surface area contributed by atoms with Crippen LogP contribution in [0.4, 0.5) is 21.2 Å². The molecule has 3 aliphatic heterocycles. The summed E-state index contributed by atoms with van der Waals surface area (Å²) in [6.45, 7) is 5.02. The molecule has 0 saturated carbocycles. The van der Waals surface area contributed by atoms with Gasteiger partial charge < -0.3 is 28.9 Å². The Morgan fingerprint density at radius 1 is 1.11 bits per heavy atom. The number of aliphatic hydroxyl groups excluding tert-OH is 1. The van der Waals surface area contributed by atoms with E-state index in [-0.39, 0.29) is 44.5 Å². The fraction of sp³-hybridized carbons (Fsp3) is 0.364. The van der Waals surface area contributed by atoms with Crippen molar-refractivity contribution in [2.24, 2.45) is 5.92 Å². The number of nitrogens with one attached hydrogen (secondary N) is 1. The van der Waals surface area contributed by atoms with Crippen LogP contribution in [-0.2, 0) is 31.3 Å². The van der Waals surface area contributed by atoms with Crippen molar-refractivity contribution < 1.29 is 33.1 Å². The van der Waals surface area contributed by atoms with E-state index in [4.69, 9.17) is 9.47 Å². The lowest BCUT2D eigenvalue weighted by atomic mass is 9.82. The molecule has 0 aliphatic carbocycles. The Balaban J connectivity index is 1.36. The fourth-order valence-electron chi connectivity index (χ4n) is 7.10. The summed E-state index contributed by atoms with van der Waals surface area (Å²) < 4.78 is 28.4. The molecule has 4 atom stereocenters. The Kier molecular flexibility index (Phi) is 7.81. The largest absolute Gasteiger partial charge is 0.482 e. The highest BCUT2D eigenvalue weighted by atomic mass is 28.4. The molecule has 2 N–H and O–H groups in total. The van der Waals surface area contributed by atoms with Gasteiger partial charge in [-0.1, -0.05) is 49.4 Å². The lowest BCUT2D eigenvalue weighted by molar-refractivity contribution is -0.148. The van der Waals surface area contributed by atoms with Gasteiger partial charge in [-0.3, -0.25) is 19.3 Å². The first kappa shape index (κ1) is 30.0. The van der Waals surface area contributed by atoms with Gasteiger partial charge in [0.15, 0.2) is 12.2 Å². The number of benzene rings is 3. The van der Waals surface area contributed by atoms with E-state index in [1.807, 2.05) is 49.4 Å². The lowest BCUT2D eigenvalue weighted by Gasteiger charge is -2.32. The second-order valence-corrected chi connectivity index (χ2v) is 16.0. The molecule has 3 amide bonds. The summed E-state index contributed by atoms with van der Waals surface area (Å²) in [5, 5.41) is 12.6. The first-order valence-corrected chi connectivity index (χ1v) is 17.8. The van der Waals surface area contributed by atoms with Crippen molar-refractivity contribution in [1.82, 2.24) is 4.90 Å². The number of anilines is 3. The summed E-state index contributed by atoms with van der Waals surface area (Å²) >= 11 is 0. The number of halogens is 1. The standard InChI is InChI=1S/C33H36FN3O6Si/c1-21-31(44(2,3)34)28(18-29(39)36(15-16-38)19-22-9-5-4-6-10-22)43-33(21)24-17-23(13-14-25(24)35-32(33)41)37-26-11-7-8-12-27(26)42-20-30(37)40/h4-14,17,21,28,31,38H,15-16,18-20H2,1-3H3,(H,35,41)/t21-,28+,31-,33+/m0/s1. The van der Waals surface area contributed by atoms with Crippen LogP contribution in [0.5, 0.6) is 5.75 Å². The van der Waals surface area contributed by atoms with Crippen LogP contribution in [0.3, 0.4) is 0 Å². The molecule has 0 unspecified atom stereocenters. The summed E-state index contributed by atoms with van der Waals surface area (Å²) in [6, 6.07) is 21.9. The summed E-state index contributed by atoms with van der Waals surface area (Å²) in [6.07, 6.45) is -1.01. The Hall–Kier alpha value is -4.06. The van der Waals surface area contributed by atoms with Crippen LogP contribution in [-0.4, -0.2) is 62.0 Å².